The molecule has 3 aliphatic rings. The number of nitrogens with zero attached hydrogens (tertiary/aromatic N) is 1. The topological polar surface area (TPSA) is 3.24 Å². The predicted molar refractivity (Wildman–Crippen MR) is 184 cm³/mol. The molecule has 212 valence electrons. The van der Waals surface area contributed by atoms with E-state index in [2.05, 4.69) is 157 Å². The van der Waals surface area contributed by atoms with Crippen molar-refractivity contribution in [3.8, 4) is 33.4 Å². The highest BCUT2D eigenvalue weighted by Gasteiger charge is 2.57. The Bertz CT molecular complexity index is 1870. The van der Waals surface area contributed by atoms with Crippen LogP contribution < -0.4 is 4.90 Å². The van der Waals surface area contributed by atoms with Crippen LogP contribution in [0.3, 0.4) is 0 Å². The van der Waals surface area contributed by atoms with Gasteiger partial charge in [0.2, 0.25) is 0 Å². The molecule has 0 heterocycles. The van der Waals surface area contributed by atoms with Gasteiger partial charge >= 0.3 is 0 Å². The summed E-state index contributed by atoms with van der Waals surface area (Å²) in [7, 11) is 0. The molecule has 3 atom stereocenters. The first-order chi connectivity index (χ1) is 21.8. The van der Waals surface area contributed by atoms with Crippen molar-refractivity contribution in [1.29, 1.82) is 0 Å². The summed E-state index contributed by atoms with van der Waals surface area (Å²) in [6, 6.07) is 56.1. The maximum Gasteiger partial charge on any atom is 0.0509 e. The summed E-state index contributed by atoms with van der Waals surface area (Å²) in [5, 5.41) is 0. The summed E-state index contributed by atoms with van der Waals surface area (Å²) in [6.45, 7) is 0. The van der Waals surface area contributed by atoms with E-state index in [-0.39, 0.29) is 5.41 Å². The van der Waals surface area contributed by atoms with Gasteiger partial charge < -0.3 is 4.90 Å². The van der Waals surface area contributed by atoms with Crippen LogP contribution in [0.15, 0.2) is 152 Å². The molecule has 1 nitrogen and oxygen atoms in total. The third-order valence-electron chi connectivity index (χ3n) is 10.7. The van der Waals surface area contributed by atoms with Gasteiger partial charge in [0.15, 0.2) is 0 Å². The summed E-state index contributed by atoms with van der Waals surface area (Å²) < 4.78 is 0. The first kappa shape index (κ1) is 25.6. The van der Waals surface area contributed by atoms with Gasteiger partial charge in [0.05, 0.1) is 5.69 Å². The standard InChI is InChI=1S/C43H35N/c1-3-10-31(11-4-1)33-19-24-36(25-20-33)44(37-26-21-34(22-27-37)32-12-5-2-6-13-32)41-17-9-15-39-38-14-7-8-16-40(38)43(42(39)41)29-30-18-23-35(43)28-30/h1-17,19-22,24-27,30,35H,18,23,28-29H2. The van der Waals surface area contributed by atoms with E-state index in [4.69, 9.17) is 0 Å². The zero-order valence-corrected chi connectivity index (χ0v) is 24.9. The van der Waals surface area contributed by atoms with Crippen LogP contribution in [0.1, 0.15) is 36.8 Å². The van der Waals surface area contributed by atoms with E-state index in [0.717, 1.165) is 5.92 Å². The van der Waals surface area contributed by atoms with Crippen molar-refractivity contribution >= 4 is 17.1 Å². The summed E-state index contributed by atoms with van der Waals surface area (Å²) in [4.78, 5) is 2.53. The minimum Gasteiger partial charge on any atom is -0.310 e. The van der Waals surface area contributed by atoms with Crippen LogP contribution in [-0.2, 0) is 5.41 Å². The molecule has 3 unspecified atom stereocenters. The Morgan fingerprint density at radius 3 is 1.59 bits per heavy atom. The van der Waals surface area contributed by atoms with Gasteiger partial charge in [-0.15, -0.1) is 0 Å². The fourth-order valence-electron chi connectivity index (χ4n) is 8.92. The van der Waals surface area contributed by atoms with Gasteiger partial charge in [0.1, 0.15) is 0 Å². The SMILES string of the molecule is c1ccc(-c2ccc(N(c3ccc(-c4ccccc4)cc3)c3cccc4c3C3(CC5CCC3C5)c3ccccc3-4)cc2)cc1. The van der Waals surface area contributed by atoms with E-state index in [9.17, 15) is 0 Å². The highest BCUT2D eigenvalue weighted by Crippen LogP contribution is 2.67. The third-order valence-corrected chi connectivity index (χ3v) is 10.7. The first-order valence-electron chi connectivity index (χ1n) is 16.1. The average Bonchev–Trinajstić information content (AvgIpc) is 3.80. The van der Waals surface area contributed by atoms with Gasteiger partial charge in [0, 0.05) is 16.8 Å². The number of rotatable bonds is 5. The molecule has 2 fully saturated rings. The van der Waals surface area contributed by atoms with Crippen molar-refractivity contribution in [2.45, 2.75) is 31.1 Å². The molecule has 1 heteroatoms. The van der Waals surface area contributed by atoms with E-state index in [1.807, 2.05) is 0 Å². The molecule has 0 N–H and O–H groups in total. The minimum atomic E-state index is 0.0949. The molecule has 0 amide bonds. The zero-order valence-electron chi connectivity index (χ0n) is 24.9. The van der Waals surface area contributed by atoms with Crippen molar-refractivity contribution in [3.05, 3.63) is 163 Å². The monoisotopic (exact) mass is 565 g/mol. The smallest absolute Gasteiger partial charge is 0.0509 e. The first-order valence-corrected chi connectivity index (χ1v) is 16.1. The van der Waals surface area contributed by atoms with E-state index in [0.29, 0.717) is 5.92 Å². The van der Waals surface area contributed by atoms with Gasteiger partial charge in [-0.3, -0.25) is 0 Å². The van der Waals surface area contributed by atoms with Crippen LogP contribution in [-0.4, -0.2) is 0 Å². The normalized spacial score (nSPS) is 20.9. The highest BCUT2D eigenvalue weighted by atomic mass is 15.1. The average molecular weight is 566 g/mol. The van der Waals surface area contributed by atoms with Crippen molar-refractivity contribution in [2.24, 2.45) is 11.8 Å². The Labute approximate surface area is 260 Å². The second-order valence-electron chi connectivity index (χ2n) is 13.0. The molecule has 0 aromatic heterocycles. The van der Waals surface area contributed by atoms with Crippen LogP contribution in [0.2, 0.25) is 0 Å². The lowest BCUT2D eigenvalue weighted by Crippen LogP contribution is -2.33. The third kappa shape index (κ3) is 3.85. The molecule has 6 aromatic carbocycles. The van der Waals surface area contributed by atoms with Crippen LogP contribution in [0.4, 0.5) is 17.1 Å². The molecule has 0 aliphatic heterocycles. The summed E-state index contributed by atoms with van der Waals surface area (Å²) in [5.41, 5.74) is 14.8. The van der Waals surface area contributed by atoms with Gasteiger partial charge in [-0.1, -0.05) is 128 Å². The predicted octanol–water partition coefficient (Wildman–Crippen LogP) is 11.6. The largest absolute Gasteiger partial charge is 0.310 e. The Kier molecular flexibility index (Phi) is 5.88. The van der Waals surface area contributed by atoms with Crippen LogP contribution in [0, 0.1) is 11.8 Å². The number of hydrogen-bond donors (Lipinski definition) is 0. The molecule has 0 radical (unpaired) electrons. The van der Waals surface area contributed by atoms with Gasteiger partial charge in [-0.05, 0) is 106 Å². The van der Waals surface area contributed by atoms with Crippen molar-refractivity contribution in [3.63, 3.8) is 0 Å². The van der Waals surface area contributed by atoms with Gasteiger partial charge in [-0.25, -0.2) is 0 Å². The second kappa shape index (κ2) is 10.1. The van der Waals surface area contributed by atoms with E-state index in [1.54, 1.807) is 11.1 Å². The lowest BCUT2D eigenvalue weighted by Gasteiger charge is -2.39. The number of hydrogen-bond acceptors (Lipinski definition) is 1. The lowest BCUT2D eigenvalue weighted by atomic mass is 9.66. The summed E-state index contributed by atoms with van der Waals surface area (Å²) in [5.74, 6) is 1.54. The maximum atomic E-state index is 2.53. The maximum absolute atomic E-state index is 2.53. The quantitative estimate of drug-likeness (QED) is 0.201. The molecule has 0 saturated heterocycles. The van der Waals surface area contributed by atoms with E-state index >= 15 is 0 Å². The molecule has 6 aromatic rings. The fraction of sp³-hybridized carbons (Fsp3) is 0.163. The summed E-state index contributed by atoms with van der Waals surface area (Å²) >= 11 is 0. The zero-order chi connectivity index (χ0) is 29.1. The summed E-state index contributed by atoms with van der Waals surface area (Å²) in [6.07, 6.45) is 5.36. The Hall–Kier alpha value is -4.88. The van der Waals surface area contributed by atoms with E-state index < -0.39 is 0 Å². The van der Waals surface area contributed by atoms with Crippen LogP contribution in [0.5, 0.6) is 0 Å². The number of fused-ring (bicyclic) bond motifs is 8. The molecule has 3 aliphatic carbocycles. The van der Waals surface area contributed by atoms with Crippen LogP contribution in [0.25, 0.3) is 33.4 Å². The number of anilines is 3. The van der Waals surface area contributed by atoms with Crippen molar-refractivity contribution in [1.82, 2.24) is 0 Å². The molecule has 2 saturated carbocycles. The molecule has 1 spiro atoms. The van der Waals surface area contributed by atoms with Crippen molar-refractivity contribution < 1.29 is 0 Å². The molecule has 9 rings (SSSR count). The number of benzene rings is 6. The molecular weight excluding hydrogens is 530 g/mol. The van der Waals surface area contributed by atoms with Gasteiger partial charge in [-0.2, -0.15) is 0 Å². The second-order valence-corrected chi connectivity index (χ2v) is 13.0. The lowest BCUT2D eigenvalue weighted by molar-refractivity contribution is 0.327. The Morgan fingerprint density at radius 1 is 0.477 bits per heavy atom. The molecular formula is C43H35N. The minimum absolute atomic E-state index is 0.0949. The fourth-order valence-corrected chi connectivity index (χ4v) is 8.92. The molecule has 2 bridgehead atoms. The van der Waals surface area contributed by atoms with Crippen LogP contribution >= 0.6 is 0 Å². The van der Waals surface area contributed by atoms with Gasteiger partial charge in [0.25, 0.3) is 0 Å². The highest BCUT2D eigenvalue weighted by molar-refractivity contribution is 5.91. The van der Waals surface area contributed by atoms with E-state index in [1.165, 1.54) is 76.1 Å². The van der Waals surface area contributed by atoms with Crippen molar-refractivity contribution in [2.75, 3.05) is 4.90 Å². The Morgan fingerprint density at radius 2 is 1.02 bits per heavy atom. The molecule has 44 heavy (non-hydrogen) atoms. The Balaban J connectivity index is 1.24.